The third kappa shape index (κ3) is 6.50. The second-order valence-electron chi connectivity index (χ2n) is 12.2. The van der Waals surface area contributed by atoms with E-state index in [1.54, 1.807) is 49.1 Å². The summed E-state index contributed by atoms with van der Waals surface area (Å²) in [4.78, 5) is 34.1. The van der Waals surface area contributed by atoms with Crippen LogP contribution in [0.2, 0.25) is 0 Å². The van der Waals surface area contributed by atoms with E-state index < -0.39 is 23.5 Å². The summed E-state index contributed by atoms with van der Waals surface area (Å²) < 4.78 is 41.7. The zero-order valence-corrected chi connectivity index (χ0v) is 26.9. The van der Waals surface area contributed by atoms with Crippen LogP contribution in [0.15, 0.2) is 73.3 Å². The summed E-state index contributed by atoms with van der Waals surface area (Å²) in [6, 6.07) is 11.7. The number of ketones is 1. The molecule has 0 bridgehead atoms. The van der Waals surface area contributed by atoms with Crippen LogP contribution in [0.1, 0.15) is 23.0 Å². The van der Waals surface area contributed by atoms with Gasteiger partial charge in [0.25, 0.3) is 0 Å². The highest BCUT2D eigenvalue weighted by Crippen LogP contribution is 2.41. The predicted octanol–water partition coefficient (Wildman–Crippen LogP) is 6.03. The zero-order chi connectivity index (χ0) is 34.1. The number of H-pyrrole nitrogens is 2. The molecule has 48 heavy (non-hydrogen) atoms. The van der Waals surface area contributed by atoms with Crippen molar-refractivity contribution in [1.29, 1.82) is 0 Å². The van der Waals surface area contributed by atoms with E-state index >= 15 is 0 Å². The molecule has 6 aromatic rings. The number of rotatable bonds is 12. The van der Waals surface area contributed by atoms with E-state index in [2.05, 4.69) is 19.9 Å². The monoisotopic (exact) mass is 654 g/mol. The number of nitrogens with zero attached hydrogens (tertiary/aromatic N) is 4. The maximum absolute atomic E-state index is 15.0. The quantitative estimate of drug-likeness (QED) is 0.116. The van der Waals surface area contributed by atoms with Crippen LogP contribution in [0.5, 0.6) is 23.0 Å². The Morgan fingerprint density at radius 3 is 1.50 bits per heavy atom. The van der Waals surface area contributed by atoms with Gasteiger partial charge in [0.2, 0.25) is 0 Å². The Hall–Kier alpha value is -5.53. The lowest BCUT2D eigenvalue weighted by Gasteiger charge is -2.27. The topological polar surface area (TPSA) is 151 Å². The molecule has 248 valence electrons. The molecule has 0 aliphatic rings. The molecule has 4 heterocycles. The van der Waals surface area contributed by atoms with Crippen LogP contribution >= 0.6 is 0 Å². The number of Topliss-reactive ketones (excluding diaryl/α,β-unsaturated/α-hetero) is 1. The van der Waals surface area contributed by atoms with Gasteiger partial charge in [0.1, 0.15) is 22.8 Å². The standard InChI is InChI=1S/C35H36F2N8O3/c1-44(2)17-23(21-15-42-34-31(21)29(9-11-40-34)47-27-7-5-19(38)13-25(27)36)33(46)24(18-45(3)4)22-16-43-35-32(22)30(10-12-41-35)48-28-8-6-20(39)14-26(28)37/h5-16,23-24H,17-18,38-39H2,1-4H3,(H,40,42)(H,41,43). The van der Waals surface area contributed by atoms with E-state index in [0.717, 1.165) is 0 Å². The Labute approximate surface area is 275 Å². The van der Waals surface area contributed by atoms with Crippen LogP contribution < -0.4 is 20.9 Å². The van der Waals surface area contributed by atoms with Crippen molar-refractivity contribution in [2.45, 2.75) is 11.8 Å². The van der Waals surface area contributed by atoms with Gasteiger partial charge >= 0.3 is 0 Å². The average molecular weight is 655 g/mol. The highest BCUT2D eigenvalue weighted by atomic mass is 19.1. The first-order valence-electron chi connectivity index (χ1n) is 15.2. The van der Waals surface area contributed by atoms with Crippen molar-refractivity contribution < 1.29 is 23.0 Å². The molecule has 4 aromatic heterocycles. The number of carbonyl (C=O) groups excluding carboxylic acids is 1. The molecular weight excluding hydrogens is 618 g/mol. The lowest BCUT2D eigenvalue weighted by atomic mass is 9.83. The van der Waals surface area contributed by atoms with Crippen LogP contribution in [0.3, 0.4) is 0 Å². The van der Waals surface area contributed by atoms with Crippen LogP contribution in [0.4, 0.5) is 20.2 Å². The van der Waals surface area contributed by atoms with E-state index in [1.165, 1.54) is 24.3 Å². The Morgan fingerprint density at radius 1 is 0.708 bits per heavy atom. The first-order chi connectivity index (χ1) is 23.0. The molecule has 0 radical (unpaired) electrons. The molecule has 13 heteroatoms. The molecule has 2 aromatic carbocycles. The summed E-state index contributed by atoms with van der Waals surface area (Å²) in [5.74, 6) is -2.05. The minimum absolute atomic E-state index is 0.0128. The number of nitrogens with one attached hydrogen (secondary N) is 2. The molecule has 11 nitrogen and oxygen atoms in total. The highest BCUT2D eigenvalue weighted by molar-refractivity contribution is 6.01. The SMILES string of the molecule is CN(C)CC(C(=O)C(CN(C)C)c1c[nH]c2nccc(Oc3ccc(N)cc3F)c12)c1c[nH]c2nccc(Oc3ccc(N)cc3F)c12. The number of carbonyl (C=O) groups is 1. The average Bonchev–Trinajstić information content (AvgIpc) is 3.67. The van der Waals surface area contributed by atoms with Crippen molar-refractivity contribution in [3.63, 3.8) is 0 Å². The van der Waals surface area contributed by atoms with E-state index in [9.17, 15) is 13.6 Å². The van der Waals surface area contributed by atoms with Gasteiger partial charge in [0, 0.05) is 61.4 Å². The second-order valence-corrected chi connectivity index (χ2v) is 12.2. The van der Waals surface area contributed by atoms with Crippen molar-refractivity contribution in [2.24, 2.45) is 0 Å². The first-order valence-corrected chi connectivity index (χ1v) is 15.2. The minimum Gasteiger partial charge on any atom is -0.453 e. The Morgan fingerprint density at radius 2 is 1.12 bits per heavy atom. The number of aromatic nitrogens is 4. The number of nitrogen functional groups attached to an aromatic ring is 2. The second kappa shape index (κ2) is 13.3. The predicted molar refractivity (Wildman–Crippen MR) is 182 cm³/mol. The number of hydrogen-bond donors (Lipinski definition) is 4. The molecule has 0 saturated heterocycles. The Balaban J connectivity index is 1.45. The van der Waals surface area contributed by atoms with Crippen LogP contribution in [0, 0.1) is 11.6 Å². The van der Waals surface area contributed by atoms with E-state index in [0.29, 0.717) is 57.8 Å². The van der Waals surface area contributed by atoms with E-state index in [1.807, 2.05) is 38.0 Å². The molecule has 2 atom stereocenters. The van der Waals surface area contributed by atoms with Gasteiger partial charge in [-0.3, -0.25) is 4.79 Å². The van der Waals surface area contributed by atoms with E-state index in [4.69, 9.17) is 20.9 Å². The fourth-order valence-corrected chi connectivity index (χ4v) is 5.91. The van der Waals surface area contributed by atoms with Gasteiger partial charge in [0.15, 0.2) is 28.9 Å². The van der Waals surface area contributed by atoms with Crippen molar-refractivity contribution >= 4 is 39.2 Å². The first kappa shape index (κ1) is 32.4. The fraction of sp³-hybridized carbons (Fsp3) is 0.229. The lowest BCUT2D eigenvalue weighted by molar-refractivity contribution is -0.122. The molecule has 0 aliphatic heterocycles. The van der Waals surface area contributed by atoms with Crippen molar-refractivity contribution in [3.05, 3.63) is 96.1 Å². The van der Waals surface area contributed by atoms with Gasteiger partial charge in [-0.25, -0.2) is 18.7 Å². The van der Waals surface area contributed by atoms with Gasteiger partial charge in [-0.15, -0.1) is 0 Å². The normalized spacial score (nSPS) is 13.0. The van der Waals surface area contributed by atoms with Crippen molar-refractivity contribution in [2.75, 3.05) is 52.7 Å². The third-order valence-electron chi connectivity index (χ3n) is 8.02. The highest BCUT2D eigenvalue weighted by Gasteiger charge is 2.35. The molecule has 0 saturated carbocycles. The molecule has 2 unspecified atom stereocenters. The van der Waals surface area contributed by atoms with Crippen molar-refractivity contribution in [3.8, 4) is 23.0 Å². The van der Waals surface area contributed by atoms with Gasteiger partial charge < -0.3 is 40.7 Å². The maximum atomic E-state index is 15.0. The number of pyridine rings is 2. The van der Waals surface area contributed by atoms with Gasteiger partial charge in [0.05, 0.1) is 22.6 Å². The lowest BCUT2D eigenvalue weighted by Crippen LogP contribution is -2.34. The maximum Gasteiger partial charge on any atom is 0.167 e. The van der Waals surface area contributed by atoms with Gasteiger partial charge in [-0.2, -0.15) is 0 Å². The summed E-state index contributed by atoms with van der Waals surface area (Å²) in [5.41, 5.74) is 14.3. The third-order valence-corrected chi connectivity index (χ3v) is 8.02. The minimum atomic E-state index is -0.679. The number of anilines is 2. The van der Waals surface area contributed by atoms with Crippen LogP contribution in [0.25, 0.3) is 22.1 Å². The molecule has 0 amide bonds. The molecule has 0 fully saturated rings. The summed E-state index contributed by atoms with van der Waals surface area (Å²) in [6.45, 7) is 0.696. The number of benzene rings is 2. The number of likely N-dealkylation sites (N-methyl/N-ethyl adjacent to an activating group) is 2. The number of aromatic amines is 2. The number of nitrogens with two attached hydrogens (primary N) is 2. The molecule has 6 N–H and O–H groups in total. The molecule has 0 aliphatic carbocycles. The zero-order valence-electron chi connectivity index (χ0n) is 26.9. The molecule has 6 rings (SSSR count). The molecule has 0 spiro atoms. The number of ether oxygens (including phenoxy) is 2. The Kier molecular flexibility index (Phi) is 8.98. The van der Waals surface area contributed by atoms with Crippen LogP contribution in [-0.4, -0.2) is 76.8 Å². The number of halogens is 2. The summed E-state index contributed by atoms with van der Waals surface area (Å²) in [5, 5.41) is 1.11. The summed E-state index contributed by atoms with van der Waals surface area (Å²) in [7, 11) is 7.55. The smallest absolute Gasteiger partial charge is 0.167 e. The van der Waals surface area contributed by atoms with Crippen LogP contribution in [-0.2, 0) is 4.79 Å². The van der Waals surface area contributed by atoms with Gasteiger partial charge in [-0.05, 0) is 75.7 Å². The number of hydrogen-bond acceptors (Lipinski definition) is 9. The largest absolute Gasteiger partial charge is 0.453 e. The van der Waals surface area contributed by atoms with E-state index in [-0.39, 0.29) is 28.7 Å². The van der Waals surface area contributed by atoms with Crippen molar-refractivity contribution in [1.82, 2.24) is 29.7 Å². The van der Waals surface area contributed by atoms with Gasteiger partial charge in [-0.1, -0.05) is 0 Å². The summed E-state index contributed by atoms with van der Waals surface area (Å²) >= 11 is 0. The fourth-order valence-electron chi connectivity index (χ4n) is 5.91. The molecular formula is C35H36F2N8O3. The number of fused-ring (bicyclic) bond motifs is 2. The Bertz CT molecular complexity index is 1960. The summed E-state index contributed by atoms with van der Waals surface area (Å²) in [6.07, 6.45) is 6.60.